The number of benzene rings is 2. The number of carbonyl (C=O) groups is 1. The van der Waals surface area contributed by atoms with Crippen molar-refractivity contribution in [1.82, 2.24) is 0 Å². The fourth-order valence-electron chi connectivity index (χ4n) is 1.89. The van der Waals surface area contributed by atoms with E-state index in [0.29, 0.717) is 11.3 Å². The van der Waals surface area contributed by atoms with Gasteiger partial charge in [-0.2, -0.15) is 0 Å². The summed E-state index contributed by atoms with van der Waals surface area (Å²) in [5, 5.41) is 13.3. The molecule has 0 saturated heterocycles. The number of nitro benzene ring substituents is 1. The van der Waals surface area contributed by atoms with Crippen molar-refractivity contribution in [3.63, 3.8) is 0 Å². The van der Waals surface area contributed by atoms with Crippen LogP contribution in [-0.2, 0) is 11.2 Å². The molecule has 2 aromatic rings. The van der Waals surface area contributed by atoms with Gasteiger partial charge in [0.15, 0.2) is 0 Å². The quantitative estimate of drug-likeness (QED) is 0.680. The van der Waals surface area contributed by atoms with Crippen LogP contribution in [0.5, 0.6) is 5.75 Å². The fraction of sp³-hybridized carbons (Fsp3) is 0.133. The highest BCUT2D eigenvalue weighted by atomic mass is 19.1. The predicted octanol–water partition coefficient (Wildman–Crippen LogP) is 2.92. The lowest BCUT2D eigenvalue weighted by atomic mass is 10.1. The smallest absolute Gasteiger partial charge is 0.271 e. The Balaban J connectivity index is 2.14. The minimum atomic E-state index is -0.560. The molecule has 1 N–H and O–H groups in total. The number of anilines is 1. The van der Waals surface area contributed by atoms with Crippen LogP contribution in [0.2, 0.25) is 0 Å². The van der Waals surface area contributed by atoms with E-state index >= 15 is 0 Å². The van der Waals surface area contributed by atoms with Crippen LogP contribution in [0.25, 0.3) is 0 Å². The van der Waals surface area contributed by atoms with E-state index in [9.17, 15) is 19.3 Å². The Bertz CT molecular complexity index is 701. The first-order valence-corrected chi connectivity index (χ1v) is 6.36. The van der Waals surface area contributed by atoms with Gasteiger partial charge in [-0.3, -0.25) is 14.9 Å². The molecule has 0 heterocycles. The van der Waals surface area contributed by atoms with Crippen molar-refractivity contribution in [2.75, 3.05) is 12.4 Å². The van der Waals surface area contributed by atoms with E-state index in [1.165, 1.54) is 49.6 Å². The highest BCUT2D eigenvalue weighted by molar-refractivity contribution is 5.94. The average molecular weight is 304 g/mol. The molecule has 1 amide bonds. The van der Waals surface area contributed by atoms with Gasteiger partial charge >= 0.3 is 0 Å². The molecule has 0 aromatic heterocycles. The number of halogens is 1. The number of non-ortho nitro benzene ring substituents is 1. The van der Waals surface area contributed by atoms with E-state index in [2.05, 4.69) is 5.32 Å². The molecule has 0 radical (unpaired) electrons. The summed E-state index contributed by atoms with van der Waals surface area (Å²) in [4.78, 5) is 22.2. The molecule has 0 aliphatic heterocycles. The second-order valence-corrected chi connectivity index (χ2v) is 4.49. The van der Waals surface area contributed by atoms with Crippen molar-refractivity contribution >= 4 is 17.3 Å². The van der Waals surface area contributed by atoms with Crippen LogP contribution in [0.15, 0.2) is 42.5 Å². The second kappa shape index (κ2) is 6.66. The zero-order valence-corrected chi connectivity index (χ0v) is 11.7. The van der Waals surface area contributed by atoms with Crippen molar-refractivity contribution in [3.05, 3.63) is 64.0 Å². The van der Waals surface area contributed by atoms with E-state index < -0.39 is 4.92 Å². The number of amides is 1. The number of nitrogens with zero attached hydrogens (tertiary/aromatic N) is 1. The molecule has 0 spiro atoms. The highest BCUT2D eigenvalue weighted by Crippen LogP contribution is 2.28. The molecule has 0 aliphatic carbocycles. The van der Waals surface area contributed by atoms with Gasteiger partial charge < -0.3 is 10.1 Å². The summed E-state index contributed by atoms with van der Waals surface area (Å²) in [5.74, 6) is -0.451. The molecule has 6 nitrogen and oxygen atoms in total. The molecule has 0 saturated carbocycles. The Morgan fingerprint density at radius 1 is 1.27 bits per heavy atom. The Morgan fingerprint density at radius 2 is 1.95 bits per heavy atom. The number of methoxy groups -OCH3 is 1. The van der Waals surface area contributed by atoms with Crippen LogP contribution in [0.3, 0.4) is 0 Å². The normalized spacial score (nSPS) is 10.1. The third kappa shape index (κ3) is 3.78. The monoisotopic (exact) mass is 304 g/mol. The SMILES string of the molecule is COc1ccc([N+](=O)[O-])cc1NC(=O)Cc1ccc(F)cc1. The third-order valence-corrected chi connectivity index (χ3v) is 2.95. The molecule has 7 heteroatoms. The maximum absolute atomic E-state index is 12.8. The van der Waals surface area contributed by atoms with Gasteiger partial charge in [0, 0.05) is 12.1 Å². The third-order valence-electron chi connectivity index (χ3n) is 2.95. The first kappa shape index (κ1) is 15.4. The molecule has 22 heavy (non-hydrogen) atoms. The Labute approximate surface area is 125 Å². The Morgan fingerprint density at radius 3 is 2.55 bits per heavy atom. The largest absolute Gasteiger partial charge is 0.495 e. The van der Waals surface area contributed by atoms with Gasteiger partial charge in [-0.1, -0.05) is 12.1 Å². The fourth-order valence-corrected chi connectivity index (χ4v) is 1.89. The zero-order chi connectivity index (χ0) is 16.1. The van der Waals surface area contributed by atoms with Gasteiger partial charge in [-0.05, 0) is 23.8 Å². The number of carbonyl (C=O) groups excluding carboxylic acids is 1. The molecule has 2 rings (SSSR count). The van der Waals surface area contributed by atoms with Crippen LogP contribution in [-0.4, -0.2) is 17.9 Å². The van der Waals surface area contributed by atoms with Crippen LogP contribution < -0.4 is 10.1 Å². The minimum absolute atomic E-state index is 0.0200. The maximum Gasteiger partial charge on any atom is 0.271 e. The first-order valence-electron chi connectivity index (χ1n) is 6.36. The van der Waals surface area contributed by atoms with Crippen LogP contribution in [0.1, 0.15) is 5.56 Å². The van der Waals surface area contributed by atoms with Crippen molar-refractivity contribution in [1.29, 1.82) is 0 Å². The van der Waals surface area contributed by atoms with Gasteiger partial charge in [0.2, 0.25) is 5.91 Å². The minimum Gasteiger partial charge on any atom is -0.495 e. The summed E-state index contributed by atoms with van der Waals surface area (Å²) in [6, 6.07) is 9.44. The predicted molar refractivity (Wildman–Crippen MR) is 78.4 cm³/mol. The second-order valence-electron chi connectivity index (χ2n) is 4.49. The van der Waals surface area contributed by atoms with Gasteiger partial charge in [0.25, 0.3) is 5.69 Å². The van der Waals surface area contributed by atoms with E-state index in [4.69, 9.17) is 4.74 Å². The summed E-state index contributed by atoms with van der Waals surface area (Å²) in [7, 11) is 1.40. The highest BCUT2D eigenvalue weighted by Gasteiger charge is 2.14. The van der Waals surface area contributed by atoms with Crippen molar-refractivity contribution in [2.45, 2.75) is 6.42 Å². The summed E-state index contributed by atoms with van der Waals surface area (Å²) in [5.41, 5.74) is 0.685. The number of nitrogens with one attached hydrogen (secondary N) is 1. The van der Waals surface area contributed by atoms with E-state index in [0.717, 1.165) is 0 Å². The van der Waals surface area contributed by atoms with E-state index in [1.807, 2.05) is 0 Å². The maximum atomic E-state index is 12.8. The van der Waals surface area contributed by atoms with Gasteiger partial charge in [-0.15, -0.1) is 0 Å². The van der Waals surface area contributed by atoms with E-state index in [-0.39, 0.29) is 29.5 Å². The van der Waals surface area contributed by atoms with Gasteiger partial charge in [-0.25, -0.2) is 4.39 Å². The summed E-state index contributed by atoms with van der Waals surface area (Å²) >= 11 is 0. The number of rotatable bonds is 5. The van der Waals surface area contributed by atoms with Gasteiger partial charge in [0.05, 0.1) is 24.1 Å². The van der Waals surface area contributed by atoms with E-state index in [1.54, 1.807) is 0 Å². The average Bonchev–Trinajstić information content (AvgIpc) is 2.49. The van der Waals surface area contributed by atoms with Gasteiger partial charge in [0.1, 0.15) is 11.6 Å². The standard InChI is InChI=1S/C15H13FN2O4/c1-22-14-7-6-12(18(20)21)9-13(14)17-15(19)8-10-2-4-11(16)5-3-10/h2-7,9H,8H2,1H3,(H,17,19). The molecule has 0 aliphatic rings. The molecule has 2 aromatic carbocycles. The Kier molecular flexibility index (Phi) is 4.67. The molecule has 0 fully saturated rings. The summed E-state index contributed by atoms with van der Waals surface area (Å²) in [6.07, 6.45) is 0.0200. The number of hydrogen-bond donors (Lipinski definition) is 1. The summed E-state index contributed by atoms with van der Waals surface area (Å²) < 4.78 is 17.9. The Hall–Kier alpha value is -2.96. The lowest BCUT2D eigenvalue weighted by Crippen LogP contribution is -2.15. The molecular weight excluding hydrogens is 291 g/mol. The van der Waals surface area contributed by atoms with Crippen LogP contribution in [0.4, 0.5) is 15.8 Å². The number of ether oxygens (including phenoxy) is 1. The van der Waals surface area contributed by atoms with Crippen molar-refractivity contribution in [2.24, 2.45) is 0 Å². The topological polar surface area (TPSA) is 81.5 Å². The van der Waals surface area contributed by atoms with Crippen molar-refractivity contribution < 1.29 is 18.8 Å². The zero-order valence-electron chi connectivity index (χ0n) is 11.7. The summed E-state index contributed by atoms with van der Waals surface area (Å²) in [6.45, 7) is 0. The molecule has 0 bridgehead atoms. The molecule has 0 atom stereocenters. The molecule has 114 valence electrons. The first-order chi connectivity index (χ1) is 10.5. The van der Waals surface area contributed by atoms with Crippen LogP contribution >= 0.6 is 0 Å². The number of hydrogen-bond acceptors (Lipinski definition) is 4. The molecule has 0 unspecified atom stereocenters. The molecular formula is C15H13FN2O4. The van der Waals surface area contributed by atoms with Crippen LogP contribution in [0, 0.1) is 15.9 Å². The van der Waals surface area contributed by atoms with Crippen molar-refractivity contribution in [3.8, 4) is 5.75 Å². The number of nitro groups is 1. The lowest BCUT2D eigenvalue weighted by molar-refractivity contribution is -0.384. The lowest BCUT2D eigenvalue weighted by Gasteiger charge is -2.10.